The molecule has 9 nitrogen and oxygen atoms in total. The van der Waals surface area contributed by atoms with Gasteiger partial charge in [0.05, 0.1) is 16.7 Å². The van der Waals surface area contributed by atoms with E-state index in [-0.39, 0.29) is 34.7 Å². The van der Waals surface area contributed by atoms with E-state index in [0.29, 0.717) is 11.3 Å². The molecule has 0 aromatic heterocycles. The number of rotatable bonds is 8. The van der Waals surface area contributed by atoms with Crippen LogP contribution in [-0.2, 0) is 19.1 Å². The molecule has 11 heteroatoms. The first-order valence-corrected chi connectivity index (χ1v) is 10.9. The zero-order valence-corrected chi connectivity index (χ0v) is 19.8. The van der Waals surface area contributed by atoms with Crippen LogP contribution in [0.3, 0.4) is 0 Å². The van der Waals surface area contributed by atoms with Crippen molar-refractivity contribution in [2.75, 3.05) is 25.1 Å². The van der Waals surface area contributed by atoms with Gasteiger partial charge in [-0.3, -0.25) is 9.59 Å². The number of hydrogen-bond acceptors (Lipinski definition) is 6. The molecule has 2 aromatic rings. The number of carbonyl (C=O) groups excluding carboxylic acids is 4. The van der Waals surface area contributed by atoms with Crippen molar-refractivity contribution in [2.45, 2.75) is 13.8 Å². The number of ether oxygens (including phenoxy) is 2. The summed E-state index contributed by atoms with van der Waals surface area (Å²) in [5.74, 6) is -1.70. The van der Waals surface area contributed by atoms with E-state index in [9.17, 15) is 19.2 Å². The van der Waals surface area contributed by atoms with Gasteiger partial charge in [-0.2, -0.15) is 0 Å². The van der Waals surface area contributed by atoms with E-state index in [0.717, 1.165) is 10.5 Å². The van der Waals surface area contributed by atoms with E-state index < -0.39 is 30.4 Å². The number of halogens is 2. The third-order valence-electron chi connectivity index (χ3n) is 4.54. The summed E-state index contributed by atoms with van der Waals surface area (Å²) >= 11 is 12.4. The van der Waals surface area contributed by atoms with Gasteiger partial charge in [0.2, 0.25) is 5.91 Å². The second-order valence-corrected chi connectivity index (χ2v) is 8.02. The van der Waals surface area contributed by atoms with Crippen molar-refractivity contribution in [3.63, 3.8) is 0 Å². The first-order valence-electron chi connectivity index (χ1n) is 10.2. The molecule has 0 atom stereocenters. The molecular formula is C23H21Cl2N3O6. The summed E-state index contributed by atoms with van der Waals surface area (Å²) < 4.78 is 10.1. The van der Waals surface area contributed by atoms with E-state index in [1.807, 2.05) is 13.0 Å². The second-order valence-electron chi connectivity index (χ2n) is 7.20. The van der Waals surface area contributed by atoms with Gasteiger partial charge in [0, 0.05) is 5.69 Å². The molecule has 1 saturated heterocycles. The van der Waals surface area contributed by atoms with Gasteiger partial charge in [0.25, 0.3) is 5.91 Å². The molecule has 0 saturated carbocycles. The first-order chi connectivity index (χ1) is 16.2. The number of hydrogen-bond donors (Lipinski definition) is 2. The van der Waals surface area contributed by atoms with Crippen LogP contribution >= 0.6 is 23.2 Å². The maximum Gasteiger partial charge on any atom is 0.344 e. The average molecular weight is 506 g/mol. The molecule has 4 amide bonds. The van der Waals surface area contributed by atoms with Gasteiger partial charge in [0.1, 0.15) is 12.2 Å². The van der Waals surface area contributed by atoms with Crippen molar-refractivity contribution in [3.8, 4) is 5.75 Å². The number of anilines is 1. The summed E-state index contributed by atoms with van der Waals surface area (Å²) in [5.41, 5.74) is 1.85. The number of carbonyl (C=O) groups is 4. The second kappa shape index (κ2) is 11.0. The van der Waals surface area contributed by atoms with Crippen molar-refractivity contribution < 1.29 is 28.7 Å². The molecule has 1 heterocycles. The van der Waals surface area contributed by atoms with Gasteiger partial charge in [-0.25, -0.2) is 14.5 Å². The largest absolute Gasteiger partial charge is 0.479 e. The summed E-state index contributed by atoms with van der Waals surface area (Å²) in [6.07, 6.45) is 1.37. The smallest absolute Gasteiger partial charge is 0.344 e. The lowest BCUT2D eigenvalue weighted by Crippen LogP contribution is -2.38. The molecule has 178 valence electrons. The third-order valence-corrected chi connectivity index (χ3v) is 5.10. The van der Waals surface area contributed by atoms with Gasteiger partial charge in [-0.05, 0) is 55.3 Å². The molecule has 2 N–H and O–H groups in total. The van der Waals surface area contributed by atoms with Crippen LogP contribution in [0.1, 0.15) is 18.1 Å². The minimum absolute atomic E-state index is 0.0549. The Labute approximate surface area is 205 Å². The molecule has 0 aliphatic carbocycles. The van der Waals surface area contributed by atoms with Crippen LogP contribution in [0.15, 0.2) is 42.1 Å². The molecule has 0 unspecified atom stereocenters. The standard InChI is InChI=1S/C23H21Cl2N3O6/c1-3-33-20(30)12-34-21-16(24)8-14(9-17(21)25)10-18-22(31)28(23(32)27-18)11-19(29)26-15-6-4-5-13(2)7-15/h4-10H,3,11-12H2,1-2H3,(H,26,29)(H,27,32)/b18-10+. The fourth-order valence-electron chi connectivity index (χ4n) is 3.08. The van der Waals surface area contributed by atoms with Crippen molar-refractivity contribution in [1.82, 2.24) is 10.2 Å². The van der Waals surface area contributed by atoms with Crippen LogP contribution in [0.2, 0.25) is 10.0 Å². The van der Waals surface area contributed by atoms with Crippen LogP contribution < -0.4 is 15.4 Å². The van der Waals surface area contributed by atoms with E-state index in [1.54, 1.807) is 25.1 Å². The molecule has 1 aliphatic rings. The Balaban J connectivity index is 1.69. The maximum absolute atomic E-state index is 12.7. The highest BCUT2D eigenvalue weighted by molar-refractivity contribution is 6.37. The fraction of sp³-hybridized carbons (Fsp3) is 0.217. The first kappa shape index (κ1) is 25.1. The van der Waals surface area contributed by atoms with Gasteiger partial charge in [0.15, 0.2) is 12.4 Å². The number of esters is 1. The summed E-state index contributed by atoms with van der Waals surface area (Å²) in [5, 5.41) is 5.26. The SMILES string of the molecule is CCOC(=O)COc1c(Cl)cc(/C=C2/NC(=O)N(CC(=O)Nc3cccc(C)c3)C2=O)cc1Cl. The number of urea groups is 1. The minimum atomic E-state index is -0.734. The van der Waals surface area contributed by atoms with Gasteiger partial charge in [-0.15, -0.1) is 0 Å². The Bertz CT molecular complexity index is 1160. The van der Waals surface area contributed by atoms with E-state index in [4.69, 9.17) is 32.7 Å². The molecule has 34 heavy (non-hydrogen) atoms. The summed E-state index contributed by atoms with van der Waals surface area (Å²) in [6.45, 7) is 2.92. The highest BCUT2D eigenvalue weighted by Crippen LogP contribution is 2.35. The number of nitrogens with zero attached hydrogens (tertiary/aromatic N) is 1. The highest BCUT2D eigenvalue weighted by atomic mass is 35.5. The molecular weight excluding hydrogens is 485 g/mol. The molecule has 2 aromatic carbocycles. The van der Waals surface area contributed by atoms with E-state index >= 15 is 0 Å². The normalized spacial score (nSPS) is 14.2. The number of imide groups is 1. The Kier molecular flexibility index (Phi) is 8.14. The molecule has 0 bridgehead atoms. The Hall–Kier alpha value is -3.56. The Morgan fingerprint density at radius 2 is 1.85 bits per heavy atom. The van der Waals surface area contributed by atoms with Crippen LogP contribution in [0, 0.1) is 6.92 Å². The van der Waals surface area contributed by atoms with E-state index in [2.05, 4.69) is 10.6 Å². The van der Waals surface area contributed by atoms with Gasteiger partial charge < -0.3 is 20.1 Å². The van der Waals surface area contributed by atoms with Gasteiger partial charge in [-0.1, -0.05) is 35.3 Å². The molecule has 0 radical (unpaired) electrons. The van der Waals surface area contributed by atoms with Crippen molar-refractivity contribution in [2.24, 2.45) is 0 Å². The quantitative estimate of drug-likeness (QED) is 0.320. The molecule has 0 spiro atoms. The molecule has 3 rings (SSSR count). The minimum Gasteiger partial charge on any atom is -0.479 e. The fourth-order valence-corrected chi connectivity index (χ4v) is 3.70. The number of amides is 4. The third kappa shape index (κ3) is 6.27. The highest BCUT2D eigenvalue weighted by Gasteiger charge is 2.35. The number of nitrogens with one attached hydrogen (secondary N) is 2. The van der Waals surface area contributed by atoms with Crippen LogP contribution in [0.25, 0.3) is 6.08 Å². The molecule has 1 aliphatic heterocycles. The lowest BCUT2D eigenvalue weighted by Gasteiger charge is -2.12. The topological polar surface area (TPSA) is 114 Å². The van der Waals surface area contributed by atoms with Crippen LogP contribution in [-0.4, -0.2) is 48.5 Å². The summed E-state index contributed by atoms with van der Waals surface area (Å²) in [7, 11) is 0. The van der Waals surface area contributed by atoms with Crippen LogP contribution in [0.5, 0.6) is 5.75 Å². The number of benzene rings is 2. The predicted molar refractivity (Wildman–Crippen MR) is 127 cm³/mol. The maximum atomic E-state index is 12.7. The van der Waals surface area contributed by atoms with Crippen molar-refractivity contribution in [3.05, 3.63) is 63.3 Å². The molecule has 1 fully saturated rings. The number of aryl methyl sites for hydroxylation is 1. The van der Waals surface area contributed by atoms with Crippen molar-refractivity contribution >= 4 is 58.8 Å². The lowest BCUT2D eigenvalue weighted by molar-refractivity contribution is -0.145. The van der Waals surface area contributed by atoms with E-state index in [1.165, 1.54) is 18.2 Å². The monoisotopic (exact) mass is 505 g/mol. The zero-order valence-electron chi connectivity index (χ0n) is 18.3. The summed E-state index contributed by atoms with van der Waals surface area (Å²) in [4.78, 5) is 49.6. The van der Waals surface area contributed by atoms with Crippen LogP contribution in [0.4, 0.5) is 10.5 Å². The zero-order chi connectivity index (χ0) is 24.8. The summed E-state index contributed by atoms with van der Waals surface area (Å²) in [6, 6.07) is 9.30. The lowest BCUT2D eigenvalue weighted by atomic mass is 10.1. The Morgan fingerprint density at radius 1 is 1.15 bits per heavy atom. The Morgan fingerprint density at radius 3 is 2.50 bits per heavy atom. The van der Waals surface area contributed by atoms with Gasteiger partial charge >= 0.3 is 12.0 Å². The predicted octanol–water partition coefficient (Wildman–Crippen LogP) is 3.78. The average Bonchev–Trinajstić information content (AvgIpc) is 3.00. The van der Waals surface area contributed by atoms with Crippen molar-refractivity contribution in [1.29, 1.82) is 0 Å².